The quantitative estimate of drug-likeness (QED) is 0.555. The summed E-state index contributed by atoms with van der Waals surface area (Å²) in [6, 6.07) is 0. The molecule has 0 bridgehead atoms. The van der Waals surface area contributed by atoms with Gasteiger partial charge in [-0.15, -0.1) is 0 Å². The molecule has 0 spiro atoms. The molecule has 0 aromatic rings. The number of carboxylic acids is 1. The van der Waals surface area contributed by atoms with E-state index in [1.165, 1.54) is 12.2 Å². The number of rotatable bonds is 2. The van der Waals surface area contributed by atoms with Gasteiger partial charge in [0, 0.05) is 6.92 Å². The summed E-state index contributed by atoms with van der Waals surface area (Å²) in [6.45, 7) is 3.59. The second-order valence-electron chi connectivity index (χ2n) is 1.79. The van der Waals surface area contributed by atoms with Gasteiger partial charge < -0.3 is 5.11 Å². The van der Waals surface area contributed by atoms with Crippen LogP contribution in [-0.2, 0) is 27.9 Å². The van der Waals surface area contributed by atoms with Crippen LogP contribution in [0.3, 0.4) is 0 Å². The minimum absolute atomic E-state index is 0.0648. The molecule has 0 rings (SSSR count). The van der Waals surface area contributed by atoms with Crippen molar-refractivity contribution in [1.82, 2.24) is 5.06 Å². The molecular formula is C6H12NO4Zn. The average Bonchev–Trinajstić information content (AvgIpc) is 1.87. The zero-order valence-electron chi connectivity index (χ0n) is 7.53. The normalized spacial score (nSPS) is 8.08. The molecular weight excluding hydrogens is 215 g/mol. The molecule has 0 aromatic carbocycles. The van der Waals surface area contributed by atoms with Crippen LogP contribution in [0.4, 0.5) is 4.79 Å². The third-order valence-electron chi connectivity index (χ3n) is 0.786. The van der Waals surface area contributed by atoms with Crippen LogP contribution in [0.2, 0.25) is 0 Å². The Kier molecular flexibility index (Phi) is 10.1. The molecule has 0 aliphatic heterocycles. The molecule has 0 heterocycles. The summed E-state index contributed by atoms with van der Waals surface area (Å²) in [4.78, 5) is 24.1. The first-order chi connectivity index (χ1) is 5.45. The van der Waals surface area contributed by atoms with E-state index in [1.54, 1.807) is 0 Å². The van der Waals surface area contributed by atoms with Crippen molar-refractivity contribution < 1.29 is 37.8 Å². The first kappa shape index (κ1) is 14.1. The fourth-order valence-electron chi connectivity index (χ4n) is 0.407. The Balaban J connectivity index is 0. The van der Waals surface area contributed by atoms with Crippen LogP contribution in [-0.4, -0.2) is 34.3 Å². The van der Waals surface area contributed by atoms with Gasteiger partial charge in [-0.1, -0.05) is 0 Å². The van der Waals surface area contributed by atoms with Gasteiger partial charge in [-0.25, -0.2) is 0 Å². The second kappa shape index (κ2) is 8.62. The summed E-state index contributed by atoms with van der Waals surface area (Å²) in [6.07, 6.45) is 0. The molecule has 0 radical (unpaired) electrons. The van der Waals surface area contributed by atoms with Gasteiger partial charge in [-0.3, -0.25) is 4.79 Å². The third kappa shape index (κ3) is 12.2. The van der Waals surface area contributed by atoms with E-state index in [9.17, 15) is 4.79 Å². The van der Waals surface area contributed by atoms with E-state index in [4.69, 9.17) is 9.90 Å². The predicted octanol–water partition coefficient (Wildman–Crippen LogP) is 0.627. The summed E-state index contributed by atoms with van der Waals surface area (Å²) >= 11 is 0.627. The van der Waals surface area contributed by atoms with Gasteiger partial charge in [0.2, 0.25) is 0 Å². The Morgan fingerprint density at radius 2 is 1.92 bits per heavy atom. The molecule has 0 aliphatic carbocycles. The minimum atomic E-state index is -0.833. The monoisotopic (exact) mass is 226 g/mol. The molecule has 0 aromatic heterocycles. The number of carbonyl (C=O) groups is 2. The summed E-state index contributed by atoms with van der Waals surface area (Å²) in [5, 5.41) is 8.75. The van der Waals surface area contributed by atoms with Crippen LogP contribution < -0.4 is 0 Å². The van der Waals surface area contributed by atoms with E-state index in [1.807, 2.05) is 6.92 Å². The third-order valence-corrected chi connectivity index (χ3v) is 1.53. The Hall–Kier alpha value is -0.477. The van der Waals surface area contributed by atoms with Crippen LogP contribution in [0, 0.1) is 0 Å². The van der Waals surface area contributed by atoms with Crippen molar-refractivity contribution in [3.8, 4) is 0 Å². The molecule has 1 N–H and O–H groups in total. The van der Waals surface area contributed by atoms with Crippen molar-refractivity contribution in [2.24, 2.45) is 0 Å². The Labute approximate surface area is 81.3 Å². The molecule has 12 heavy (non-hydrogen) atoms. The summed E-state index contributed by atoms with van der Waals surface area (Å²) in [5.74, 6) is -0.833. The fraction of sp³-hybridized carbons (Fsp3) is 0.667. The van der Waals surface area contributed by atoms with E-state index in [0.717, 1.165) is 6.92 Å². The van der Waals surface area contributed by atoms with Crippen LogP contribution in [0.15, 0.2) is 0 Å². The molecule has 5 nitrogen and oxygen atoms in total. The van der Waals surface area contributed by atoms with Crippen molar-refractivity contribution in [2.45, 2.75) is 13.8 Å². The van der Waals surface area contributed by atoms with E-state index < -0.39 is 5.97 Å². The van der Waals surface area contributed by atoms with Crippen LogP contribution in [0.25, 0.3) is 0 Å². The second-order valence-corrected chi connectivity index (χ2v) is 3.06. The molecule has 0 fully saturated rings. The molecule has 0 unspecified atom stereocenters. The first-order valence-corrected chi connectivity index (χ1v) is 4.81. The van der Waals surface area contributed by atoms with Crippen molar-refractivity contribution in [2.75, 3.05) is 13.7 Å². The van der Waals surface area contributed by atoms with E-state index in [-0.39, 0.29) is 4.50 Å². The standard InChI is InChI=1S/C4H8NO2.C2H4O2.Zn/c1-3-5(4-6)7-2;1-2(3)4;/h3H2,1-2H3;1H3,(H,3,4);. The molecule has 0 saturated carbocycles. The zero-order chi connectivity index (χ0) is 10.1. The van der Waals surface area contributed by atoms with Crippen LogP contribution in [0.5, 0.6) is 0 Å². The molecule has 67 valence electrons. The molecule has 6 heteroatoms. The Morgan fingerprint density at radius 1 is 1.58 bits per heavy atom. The van der Waals surface area contributed by atoms with E-state index in [0.29, 0.717) is 24.8 Å². The van der Waals surface area contributed by atoms with Gasteiger partial charge in [0.25, 0.3) is 5.97 Å². The maximum absolute atomic E-state index is 10.5. The number of hydroxylamine groups is 2. The van der Waals surface area contributed by atoms with Crippen molar-refractivity contribution in [3.05, 3.63) is 0 Å². The summed E-state index contributed by atoms with van der Waals surface area (Å²) in [5.41, 5.74) is 0. The maximum atomic E-state index is 10.5. The van der Waals surface area contributed by atoms with E-state index >= 15 is 0 Å². The topological polar surface area (TPSA) is 66.8 Å². The number of carboxylic acid groups (broad SMARTS) is 1. The first-order valence-electron chi connectivity index (χ1n) is 3.32. The summed E-state index contributed by atoms with van der Waals surface area (Å²) in [7, 11) is 1.50. The van der Waals surface area contributed by atoms with Gasteiger partial charge in [0.1, 0.15) is 0 Å². The Bertz CT molecular complexity index is 142. The average molecular weight is 228 g/mol. The number of aliphatic carboxylic acids is 1. The van der Waals surface area contributed by atoms with Crippen molar-refractivity contribution >= 4 is 10.5 Å². The number of carbonyl (C=O) groups excluding carboxylic acids is 1. The SMILES string of the molecule is CC(=O)O.CCN(OC)[C](=O)[Zn]. The molecule has 0 saturated heterocycles. The number of nitrogens with zero attached hydrogens (tertiary/aromatic N) is 1. The van der Waals surface area contributed by atoms with Gasteiger partial charge >= 0.3 is 58.1 Å². The molecule has 0 atom stereocenters. The van der Waals surface area contributed by atoms with Crippen molar-refractivity contribution in [3.63, 3.8) is 0 Å². The van der Waals surface area contributed by atoms with Crippen LogP contribution >= 0.6 is 0 Å². The van der Waals surface area contributed by atoms with E-state index in [2.05, 4.69) is 4.84 Å². The number of hydrogen-bond acceptors (Lipinski definition) is 3. The number of amides is 1. The van der Waals surface area contributed by atoms with Crippen LogP contribution in [0.1, 0.15) is 13.8 Å². The Morgan fingerprint density at radius 3 is 1.92 bits per heavy atom. The summed E-state index contributed by atoms with van der Waals surface area (Å²) < 4.78 is 0.0648. The zero-order valence-corrected chi connectivity index (χ0v) is 10.5. The molecule has 1 amide bonds. The van der Waals surface area contributed by atoms with Crippen molar-refractivity contribution in [1.29, 1.82) is 0 Å². The van der Waals surface area contributed by atoms with Gasteiger partial charge in [0.05, 0.1) is 0 Å². The van der Waals surface area contributed by atoms with Gasteiger partial charge in [-0.2, -0.15) is 0 Å². The molecule has 0 aliphatic rings. The van der Waals surface area contributed by atoms with Gasteiger partial charge in [0.15, 0.2) is 0 Å². The fourth-order valence-corrected chi connectivity index (χ4v) is 1.15. The van der Waals surface area contributed by atoms with Gasteiger partial charge in [-0.05, 0) is 0 Å². The number of hydrogen-bond donors (Lipinski definition) is 1. The predicted molar refractivity (Wildman–Crippen MR) is 38.1 cm³/mol.